The standard InChI is InChI=1S/C13H11ClN2O/c1-8-7-9-12(17-2)4-3-10(14)13(9)16-11(8)5-6-15/h3-4,7H,5H2,1-2H3. The molecule has 0 atom stereocenters. The topological polar surface area (TPSA) is 45.9 Å². The van der Waals surface area contributed by atoms with Crippen LogP contribution in [0.1, 0.15) is 11.3 Å². The summed E-state index contributed by atoms with van der Waals surface area (Å²) >= 11 is 6.11. The van der Waals surface area contributed by atoms with Crippen molar-refractivity contribution in [2.24, 2.45) is 0 Å². The summed E-state index contributed by atoms with van der Waals surface area (Å²) in [6.45, 7) is 1.93. The summed E-state index contributed by atoms with van der Waals surface area (Å²) in [7, 11) is 1.61. The van der Waals surface area contributed by atoms with Gasteiger partial charge in [0.15, 0.2) is 0 Å². The van der Waals surface area contributed by atoms with Gasteiger partial charge in [-0.2, -0.15) is 5.26 Å². The zero-order chi connectivity index (χ0) is 12.4. The first-order chi connectivity index (χ1) is 8.17. The van der Waals surface area contributed by atoms with Crippen molar-refractivity contribution in [2.45, 2.75) is 13.3 Å². The molecule has 2 aromatic rings. The first kappa shape index (κ1) is 11.7. The molecule has 1 aromatic carbocycles. The van der Waals surface area contributed by atoms with Gasteiger partial charge in [0.25, 0.3) is 0 Å². The van der Waals surface area contributed by atoms with Crippen LogP contribution in [0.4, 0.5) is 0 Å². The molecule has 0 bridgehead atoms. The number of benzene rings is 1. The second-order valence-corrected chi connectivity index (χ2v) is 4.14. The van der Waals surface area contributed by atoms with Gasteiger partial charge in [0, 0.05) is 5.39 Å². The molecule has 17 heavy (non-hydrogen) atoms. The molecule has 0 unspecified atom stereocenters. The van der Waals surface area contributed by atoms with E-state index in [1.807, 2.05) is 19.1 Å². The van der Waals surface area contributed by atoms with E-state index in [2.05, 4.69) is 11.1 Å². The van der Waals surface area contributed by atoms with Crippen LogP contribution in [0.2, 0.25) is 5.02 Å². The SMILES string of the molecule is COc1ccc(Cl)c2nc(CC#N)c(C)cc12. The molecular weight excluding hydrogens is 236 g/mol. The minimum absolute atomic E-state index is 0.287. The highest BCUT2D eigenvalue weighted by Gasteiger charge is 2.10. The highest BCUT2D eigenvalue weighted by molar-refractivity contribution is 6.35. The predicted octanol–water partition coefficient (Wildman–Crippen LogP) is 3.27. The number of rotatable bonds is 2. The second-order valence-electron chi connectivity index (χ2n) is 3.73. The van der Waals surface area contributed by atoms with Crippen molar-refractivity contribution in [2.75, 3.05) is 7.11 Å². The van der Waals surface area contributed by atoms with Gasteiger partial charge in [0.2, 0.25) is 0 Å². The number of aryl methyl sites for hydroxylation is 1. The Bertz CT molecular complexity index is 617. The fraction of sp³-hybridized carbons (Fsp3) is 0.231. The summed E-state index contributed by atoms with van der Waals surface area (Å²) in [5, 5.41) is 10.2. The van der Waals surface area contributed by atoms with Crippen LogP contribution in [-0.4, -0.2) is 12.1 Å². The number of aromatic nitrogens is 1. The Hall–Kier alpha value is -1.79. The summed E-state index contributed by atoms with van der Waals surface area (Å²) in [5.41, 5.74) is 2.41. The van der Waals surface area contributed by atoms with Gasteiger partial charge in [-0.15, -0.1) is 0 Å². The number of methoxy groups -OCH3 is 1. The van der Waals surface area contributed by atoms with Crippen LogP contribution >= 0.6 is 11.6 Å². The predicted molar refractivity (Wildman–Crippen MR) is 67.4 cm³/mol. The maximum Gasteiger partial charge on any atom is 0.128 e. The lowest BCUT2D eigenvalue weighted by Gasteiger charge is -2.09. The Labute approximate surface area is 105 Å². The summed E-state index contributed by atoms with van der Waals surface area (Å²) in [6.07, 6.45) is 0.287. The number of halogens is 1. The normalized spacial score (nSPS) is 10.2. The average Bonchev–Trinajstić information content (AvgIpc) is 2.32. The highest BCUT2D eigenvalue weighted by atomic mass is 35.5. The molecule has 0 aliphatic rings. The van der Waals surface area contributed by atoms with E-state index in [0.29, 0.717) is 10.5 Å². The van der Waals surface area contributed by atoms with Crippen LogP contribution in [0.5, 0.6) is 5.75 Å². The van der Waals surface area contributed by atoms with Crippen molar-refractivity contribution in [3.05, 3.63) is 34.5 Å². The molecule has 0 N–H and O–H groups in total. The average molecular weight is 247 g/mol. The molecular formula is C13H11ClN2O. The first-order valence-electron chi connectivity index (χ1n) is 5.17. The molecule has 0 aliphatic heterocycles. The van der Waals surface area contributed by atoms with Gasteiger partial charge in [-0.3, -0.25) is 0 Å². The van der Waals surface area contributed by atoms with Crippen LogP contribution < -0.4 is 4.74 Å². The van der Waals surface area contributed by atoms with Crippen molar-refractivity contribution in [1.82, 2.24) is 4.98 Å². The summed E-state index contributed by atoms with van der Waals surface area (Å²) in [5.74, 6) is 0.739. The first-order valence-corrected chi connectivity index (χ1v) is 5.55. The molecule has 4 heteroatoms. The van der Waals surface area contributed by atoms with Gasteiger partial charge in [-0.1, -0.05) is 11.6 Å². The third-order valence-electron chi connectivity index (χ3n) is 2.66. The van der Waals surface area contributed by atoms with E-state index in [4.69, 9.17) is 21.6 Å². The number of hydrogen-bond acceptors (Lipinski definition) is 3. The van der Waals surface area contributed by atoms with E-state index < -0.39 is 0 Å². The highest BCUT2D eigenvalue weighted by Crippen LogP contribution is 2.31. The van der Waals surface area contributed by atoms with Crippen molar-refractivity contribution >= 4 is 22.5 Å². The Morgan fingerprint density at radius 2 is 2.24 bits per heavy atom. The Kier molecular flexibility index (Phi) is 3.16. The van der Waals surface area contributed by atoms with Crippen LogP contribution in [0.15, 0.2) is 18.2 Å². The van der Waals surface area contributed by atoms with Gasteiger partial charge in [0.1, 0.15) is 5.75 Å². The van der Waals surface area contributed by atoms with Gasteiger partial charge in [-0.05, 0) is 30.7 Å². The number of hydrogen-bond donors (Lipinski definition) is 0. The minimum atomic E-state index is 0.287. The quantitative estimate of drug-likeness (QED) is 0.817. The van der Waals surface area contributed by atoms with Gasteiger partial charge < -0.3 is 4.74 Å². The second kappa shape index (κ2) is 4.60. The number of pyridine rings is 1. The minimum Gasteiger partial charge on any atom is -0.496 e. The Morgan fingerprint density at radius 1 is 1.47 bits per heavy atom. The molecule has 0 radical (unpaired) electrons. The van der Waals surface area contributed by atoms with Crippen molar-refractivity contribution in [1.29, 1.82) is 5.26 Å². The third kappa shape index (κ3) is 2.04. The van der Waals surface area contributed by atoms with Crippen molar-refractivity contribution in [3.8, 4) is 11.8 Å². The molecule has 86 valence electrons. The lowest BCUT2D eigenvalue weighted by Crippen LogP contribution is -1.96. The van der Waals surface area contributed by atoms with E-state index in [1.54, 1.807) is 13.2 Å². The summed E-state index contributed by atoms with van der Waals surface area (Å²) in [6, 6.07) is 7.63. The van der Waals surface area contributed by atoms with E-state index >= 15 is 0 Å². The molecule has 0 amide bonds. The van der Waals surface area contributed by atoms with E-state index in [1.165, 1.54) is 0 Å². The fourth-order valence-electron chi connectivity index (χ4n) is 1.77. The Balaban J connectivity index is 2.77. The molecule has 1 heterocycles. The van der Waals surface area contributed by atoms with E-state index in [-0.39, 0.29) is 6.42 Å². The maximum atomic E-state index is 8.74. The van der Waals surface area contributed by atoms with Crippen molar-refractivity contribution < 1.29 is 4.74 Å². The van der Waals surface area contributed by atoms with Crippen molar-refractivity contribution in [3.63, 3.8) is 0 Å². The maximum absolute atomic E-state index is 8.74. The van der Waals surface area contributed by atoms with E-state index in [9.17, 15) is 0 Å². The van der Waals surface area contributed by atoms with E-state index in [0.717, 1.165) is 22.4 Å². The molecule has 0 aliphatic carbocycles. The summed E-state index contributed by atoms with van der Waals surface area (Å²) < 4.78 is 5.27. The number of nitrogens with zero attached hydrogens (tertiary/aromatic N) is 2. The zero-order valence-corrected chi connectivity index (χ0v) is 10.4. The monoisotopic (exact) mass is 246 g/mol. The Morgan fingerprint density at radius 3 is 2.88 bits per heavy atom. The van der Waals surface area contributed by atoms with Crippen LogP contribution in [0.3, 0.4) is 0 Å². The zero-order valence-electron chi connectivity index (χ0n) is 9.62. The molecule has 0 saturated carbocycles. The molecule has 0 spiro atoms. The molecule has 3 nitrogen and oxygen atoms in total. The fourth-order valence-corrected chi connectivity index (χ4v) is 1.98. The molecule has 0 fully saturated rings. The van der Waals surface area contributed by atoms with Crippen LogP contribution in [0.25, 0.3) is 10.9 Å². The number of nitriles is 1. The molecule has 1 aromatic heterocycles. The van der Waals surface area contributed by atoms with Gasteiger partial charge in [-0.25, -0.2) is 4.98 Å². The smallest absolute Gasteiger partial charge is 0.128 e. The number of fused-ring (bicyclic) bond motifs is 1. The number of ether oxygens (including phenoxy) is 1. The van der Waals surface area contributed by atoms with Gasteiger partial charge in [0.05, 0.1) is 35.8 Å². The summed E-state index contributed by atoms with van der Waals surface area (Å²) in [4.78, 5) is 4.44. The lowest BCUT2D eigenvalue weighted by molar-refractivity contribution is 0.419. The van der Waals surface area contributed by atoms with Crippen LogP contribution in [0, 0.1) is 18.3 Å². The largest absolute Gasteiger partial charge is 0.496 e. The lowest BCUT2D eigenvalue weighted by atomic mass is 10.1. The molecule has 0 saturated heterocycles. The third-order valence-corrected chi connectivity index (χ3v) is 2.96. The van der Waals surface area contributed by atoms with Crippen LogP contribution in [-0.2, 0) is 6.42 Å². The van der Waals surface area contributed by atoms with Gasteiger partial charge >= 0.3 is 0 Å². The molecule has 2 rings (SSSR count).